The SMILES string of the molecule is CC(=C=O)[Si](C)(C)C. The molecule has 0 amide bonds. The zero-order valence-corrected chi connectivity index (χ0v) is 6.91. The lowest BCUT2D eigenvalue weighted by Gasteiger charge is -2.11. The van der Waals surface area contributed by atoms with Gasteiger partial charge in [-0.05, 0) is 12.1 Å². The van der Waals surface area contributed by atoms with Crippen molar-refractivity contribution in [1.82, 2.24) is 0 Å². The first-order valence-corrected chi connectivity index (χ1v) is 6.20. The standard InChI is InChI=1S/C6H12OSi/c1-6(5-7)8(2,3)4/h1-4H3. The number of carbonyl (C=O) groups excluding carboxylic acids is 1. The van der Waals surface area contributed by atoms with Crippen molar-refractivity contribution < 1.29 is 4.79 Å². The lowest BCUT2D eigenvalue weighted by atomic mass is 10.7. The molecule has 0 spiro atoms. The maximum Gasteiger partial charge on any atom is 0.118 e. The van der Waals surface area contributed by atoms with Gasteiger partial charge < -0.3 is 0 Å². The Bertz CT molecular complexity index is 126. The third-order valence-corrected chi connectivity index (χ3v) is 3.63. The molecule has 0 fully saturated rings. The van der Waals surface area contributed by atoms with Crippen LogP contribution in [0.15, 0.2) is 5.20 Å². The normalized spacial score (nSPS) is 10.5. The lowest BCUT2D eigenvalue weighted by molar-refractivity contribution is 0.568. The molecule has 46 valence electrons. The Hall–Kier alpha value is -0.333. The highest BCUT2D eigenvalue weighted by atomic mass is 28.3. The summed E-state index contributed by atoms with van der Waals surface area (Å²) in [7, 11) is -1.27. The van der Waals surface area contributed by atoms with E-state index in [-0.39, 0.29) is 0 Å². The van der Waals surface area contributed by atoms with Crippen molar-refractivity contribution in [3.63, 3.8) is 0 Å². The average Bonchev–Trinajstić information content (AvgIpc) is 1.62. The van der Waals surface area contributed by atoms with Crippen LogP contribution in [-0.4, -0.2) is 14.0 Å². The summed E-state index contributed by atoms with van der Waals surface area (Å²) in [5.74, 6) is 1.93. The molecule has 2 heteroatoms. The van der Waals surface area contributed by atoms with E-state index in [0.29, 0.717) is 0 Å². The maximum atomic E-state index is 10.0. The van der Waals surface area contributed by atoms with E-state index in [0.717, 1.165) is 5.20 Å². The zero-order chi connectivity index (χ0) is 6.78. The molecule has 0 aromatic rings. The molecule has 0 aliphatic rings. The van der Waals surface area contributed by atoms with Crippen molar-refractivity contribution in [2.45, 2.75) is 26.6 Å². The summed E-state index contributed by atoms with van der Waals surface area (Å²) in [5.41, 5.74) is 0. The molecule has 0 radical (unpaired) electrons. The van der Waals surface area contributed by atoms with Gasteiger partial charge in [0.25, 0.3) is 0 Å². The van der Waals surface area contributed by atoms with Crippen LogP contribution in [0, 0.1) is 0 Å². The monoisotopic (exact) mass is 128 g/mol. The highest BCUT2D eigenvalue weighted by Crippen LogP contribution is 2.08. The molecule has 0 aliphatic heterocycles. The van der Waals surface area contributed by atoms with Crippen molar-refractivity contribution in [3.8, 4) is 0 Å². The summed E-state index contributed by atoms with van der Waals surface area (Å²) in [6.07, 6.45) is 0. The molecular weight excluding hydrogens is 116 g/mol. The molecule has 0 rings (SSSR count). The van der Waals surface area contributed by atoms with Crippen LogP contribution in [0.4, 0.5) is 0 Å². The highest BCUT2D eigenvalue weighted by molar-refractivity contribution is 6.84. The minimum atomic E-state index is -1.27. The first-order valence-electron chi connectivity index (χ1n) is 2.70. The molecule has 0 aliphatic carbocycles. The molecule has 0 heterocycles. The van der Waals surface area contributed by atoms with E-state index < -0.39 is 8.07 Å². The predicted octanol–water partition coefficient (Wildman–Crippen LogP) is 1.64. The summed E-state index contributed by atoms with van der Waals surface area (Å²) in [5, 5.41) is 0.914. The van der Waals surface area contributed by atoms with E-state index in [1.165, 1.54) is 0 Å². The van der Waals surface area contributed by atoms with Gasteiger partial charge in [0.15, 0.2) is 0 Å². The van der Waals surface area contributed by atoms with E-state index in [1.807, 2.05) is 12.9 Å². The van der Waals surface area contributed by atoms with Gasteiger partial charge in [0.2, 0.25) is 0 Å². The Kier molecular flexibility index (Phi) is 2.20. The van der Waals surface area contributed by atoms with Crippen LogP contribution < -0.4 is 0 Å². The third-order valence-electron chi connectivity index (χ3n) is 1.28. The summed E-state index contributed by atoms with van der Waals surface area (Å²) in [6.45, 7) is 8.26. The van der Waals surface area contributed by atoms with Gasteiger partial charge in [-0.15, -0.1) is 0 Å². The average molecular weight is 128 g/mol. The van der Waals surface area contributed by atoms with Crippen molar-refractivity contribution in [2.24, 2.45) is 0 Å². The van der Waals surface area contributed by atoms with Crippen LogP contribution in [-0.2, 0) is 4.79 Å². The minimum Gasteiger partial charge on any atom is -0.234 e. The largest absolute Gasteiger partial charge is 0.234 e. The Morgan fingerprint density at radius 1 is 1.38 bits per heavy atom. The van der Waals surface area contributed by atoms with E-state index in [2.05, 4.69) is 19.6 Å². The first-order chi connectivity index (χ1) is 3.48. The lowest BCUT2D eigenvalue weighted by Crippen LogP contribution is -2.22. The van der Waals surface area contributed by atoms with Crippen LogP contribution in [0.5, 0.6) is 0 Å². The summed E-state index contributed by atoms with van der Waals surface area (Å²) in [4.78, 5) is 10.0. The van der Waals surface area contributed by atoms with Gasteiger partial charge in [-0.1, -0.05) is 19.6 Å². The van der Waals surface area contributed by atoms with E-state index in [1.54, 1.807) is 0 Å². The molecule has 0 aromatic heterocycles. The van der Waals surface area contributed by atoms with E-state index >= 15 is 0 Å². The van der Waals surface area contributed by atoms with Crippen LogP contribution in [0.2, 0.25) is 19.6 Å². The Labute approximate surface area is 51.4 Å². The fourth-order valence-corrected chi connectivity index (χ4v) is 0.459. The molecule has 8 heavy (non-hydrogen) atoms. The van der Waals surface area contributed by atoms with Gasteiger partial charge >= 0.3 is 0 Å². The van der Waals surface area contributed by atoms with Gasteiger partial charge in [-0.3, -0.25) is 0 Å². The molecule has 0 bridgehead atoms. The zero-order valence-electron chi connectivity index (χ0n) is 5.91. The second kappa shape index (κ2) is 2.29. The van der Waals surface area contributed by atoms with Crippen molar-refractivity contribution in [1.29, 1.82) is 0 Å². The fourth-order valence-electron chi connectivity index (χ4n) is 0.153. The van der Waals surface area contributed by atoms with Gasteiger partial charge in [-0.25, -0.2) is 4.79 Å². The van der Waals surface area contributed by atoms with E-state index in [4.69, 9.17) is 0 Å². The van der Waals surface area contributed by atoms with Gasteiger partial charge in [0.05, 0.1) is 8.07 Å². The van der Waals surface area contributed by atoms with Gasteiger partial charge in [0, 0.05) is 0 Å². The minimum absolute atomic E-state index is 0.914. The fraction of sp³-hybridized carbons (Fsp3) is 0.667. The molecule has 0 saturated heterocycles. The highest BCUT2D eigenvalue weighted by Gasteiger charge is 2.15. The van der Waals surface area contributed by atoms with Crippen molar-refractivity contribution >= 4 is 14.0 Å². The number of hydrogen-bond acceptors (Lipinski definition) is 1. The molecule has 0 N–H and O–H groups in total. The summed E-state index contributed by atoms with van der Waals surface area (Å²) < 4.78 is 0. The van der Waals surface area contributed by atoms with Crippen LogP contribution in [0.3, 0.4) is 0 Å². The molecular formula is C6H12OSi. The van der Waals surface area contributed by atoms with Crippen molar-refractivity contribution in [2.75, 3.05) is 0 Å². The summed E-state index contributed by atoms with van der Waals surface area (Å²) in [6, 6.07) is 0. The summed E-state index contributed by atoms with van der Waals surface area (Å²) >= 11 is 0. The Balaban J connectivity index is 4.26. The second-order valence-electron chi connectivity index (χ2n) is 2.98. The molecule has 0 aromatic carbocycles. The quantitative estimate of drug-likeness (QED) is 0.387. The third kappa shape index (κ3) is 2.10. The molecule has 0 unspecified atom stereocenters. The van der Waals surface area contributed by atoms with Gasteiger partial charge in [0.1, 0.15) is 5.94 Å². The smallest absolute Gasteiger partial charge is 0.118 e. The van der Waals surface area contributed by atoms with Crippen LogP contribution in [0.1, 0.15) is 6.92 Å². The predicted molar refractivity (Wildman–Crippen MR) is 38.2 cm³/mol. The van der Waals surface area contributed by atoms with Crippen molar-refractivity contribution in [3.05, 3.63) is 5.20 Å². The first kappa shape index (κ1) is 7.67. The van der Waals surface area contributed by atoms with E-state index in [9.17, 15) is 4.79 Å². The second-order valence-corrected chi connectivity index (χ2v) is 8.23. The van der Waals surface area contributed by atoms with Crippen LogP contribution >= 0.6 is 0 Å². The molecule has 0 atom stereocenters. The number of allylic oxidation sites excluding steroid dienone is 1. The number of rotatable bonds is 1. The van der Waals surface area contributed by atoms with Crippen LogP contribution in [0.25, 0.3) is 0 Å². The molecule has 0 saturated carbocycles. The maximum absolute atomic E-state index is 10.0. The Morgan fingerprint density at radius 3 is 1.75 bits per heavy atom. The number of hydrogen-bond donors (Lipinski definition) is 0. The molecule has 1 nitrogen and oxygen atoms in total. The topological polar surface area (TPSA) is 17.1 Å². The Morgan fingerprint density at radius 2 is 1.75 bits per heavy atom. The van der Waals surface area contributed by atoms with Gasteiger partial charge in [-0.2, -0.15) is 0 Å².